The fourth-order valence-corrected chi connectivity index (χ4v) is 4.99. The van der Waals surface area contributed by atoms with Crippen molar-refractivity contribution in [2.45, 2.75) is 32.7 Å². The number of nitrogens with zero attached hydrogens (tertiary/aromatic N) is 4. The third kappa shape index (κ3) is 3.56. The van der Waals surface area contributed by atoms with Gasteiger partial charge in [0.05, 0.1) is 5.39 Å². The number of halogens is 1. The lowest BCUT2D eigenvalue weighted by Gasteiger charge is -2.36. The minimum Gasteiger partial charge on any atom is -0.356 e. The van der Waals surface area contributed by atoms with Crippen molar-refractivity contribution < 1.29 is 0 Å². The summed E-state index contributed by atoms with van der Waals surface area (Å²) in [6.45, 7) is 6.54. The fraction of sp³-hybridized carbons (Fsp3) is 0.429. The Morgan fingerprint density at radius 2 is 1.89 bits per heavy atom. The van der Waals surface area contributed by atoms with Gasteiger partial charge >= 0.3 is 0 Å². The predicted molar refractivity (Wildman–Crippen MR) is 116 cm³/mol. The van der Waals surface area contributed by atoms with Crippen LogP contribution in [-0.2, 0) is 0 Å². The molecule has 1 saturated heterocycles. The van der Waals surface area contributed by atoms with Crippen molar-refractivity contribution in [3.8, 4) is 11.1 Å². The van der Waals surface area contributed by atoms with E-state index in [-0.39, 0.29) is 0 Å². The van der Waals surface area contributed by atoms with Crippen molar-refractivity contribution in [2.75, 3.05) is 32.1 Å². The van der Waals surface area contributed by atoms with Gasteiger partial charge in [0, 0.05) is 24.0 Å². The van der Waals surface area contributed by atoms with Crippen LogP contribution in [0.15, 0.2) is 23.6 Å². The third-order valence-electron chi connectivity index (χ3n) is 5.77. The lowest BCUT2D eigenvalue weighted by molar-refractivity contribution is 0.252. The molecule has 6 heteroatoms. The monoisotopic (exact) mass is 400 g/mol. The number of piperidine rings is 1. The number of hydrogen-bond acceptors (Lipinski definition) is 5. The number of likely N-dealkylation sites (tertiary alicyclic amines) is 1. The SMILES string of the molecule is Cc1ccc(-c2csc3nc(Cl)nc(N(C)C4CCN(C)CC4)c23)cc1C. The highest BCUT2D eigenvalue weighted by Crippen LogP contribution is 2.40. The highest BCUT2D eigenvalue weighted by Gasteiger charge is 2.25. The maximum atomic E-state index is 6.28. The zero-order valence-electron chi connectivity index (χ0n) is 16.3. The maximum Gasteiger partial charge on any atom is 0.225 e. The number of thiophene rings is 1. The van der Waals surface area contributed by atoms with Crippen molar-refractivity contribution >= 4 is 39.0 Å². The number of aryl methyl sites for hydroxylation is 2. The van der Waals surface area contributed by atoms with E-state index in [1.54, 1.807) is 11.3 Å². The minimum atomic E-state index is 0.325. The third-order valence-corrected chi connectivity index (χ3v) is 6.82. The molecule has 3 heterocycles. The standard InChI is InChI=1S/C21H25ClN4S/c1-13-5-6-15(11-14(13)2)17-12-27-20-18(17)19(23-21(22)24-20)26(4)16-7-9-25(3)10-8-16/h5-6,11-12,16H,7-10H2,1-4H3. The molecule has 0 bridgehead atoms. The van der Waals surface area contributed by atoms with Gasteiger partial charge in [-0.3, -0.25) is 0 Å². The van der Waals surface area contributed by atoms with Gasteiger partial charge in [-0.05, 0) is 75.1 Å². The van der Waals surface area contributed by atoms with E-state index in [4.69, 9.17) is 11.6 Å². The summed E-state index contributed by atoms with van der Waals surface area (Å²) >= 11 is 7.92. The van der Waals surface area contributed by atoms with E-state index >= 15 is 0 Å². The predicted octanol–water partition coefficient (Wildman–Crippen LogP) is 5.16. The second-order valence-corrected chi connectivity index (χ2v) is 8.79. The van der Waals surface area contributed by atoms with Crippen LogP contribution < -0.4 is 4.90 Å². The molecule has 0 unspecified atom stereocenters. The van der Waals surface area contributed by atoms with Crippen LogP contribution in [0.5, 0.6) is 0 Å². The van der Waals surface area contributed by atoms with Gasteiger partial charge in [0.1, 0.15) is 10.6 Å². The zero-order valence-corrected chi connectivity index (χ0v) is 17.9. The lowest BCUT2D eigenvalue weighted by atomic mass is 10.00. The molecule has 0 N–H and O–H groups in total. The summed E-state index contributed by atoms with van der Waals surface area (Å²) in [5, 5.41) is 3.63. The van der Waals surface area contributed by atoms with Gasteiger partial charge in [-0.25, -0.2) is 4.98 Å². The first-order chi connectivity index (χ1) is 12.9. The quantitative estimate of drug-likeness (QED) is 0.568. The van der Waals surface area contributed by atoms with Gasteiger partial charge in [-0.1, -0.05) is 18.2 Å². The highest BCUT2D eigenvalue weighted by molar-refractivity contribution is 7.17. The molecule has 4 nitrogen and oxygen atoms in total. The molecule has 1 fully saturated rings. The smallest absolute Gasteiger partial charge is 0.225 e. The van der Waals surface area contributed by atoms with Crippen LogP contribution >= 0.6 is 22.9 Å². The van der Waals surface area contributed by atoms with Crippen LogP contribution in [0.25, 0.3) is 21.3 Å². The molecule has 3 aromatic rings. The molecule has 4 rings (SSSR count). The average molecular weight is 401 g/mol. The topological polar surface area (TPSA) is 32.3 Å². The second kappa shape index (κ2) is 7.38. The summed E-state index contributed by atoms with van der Waals surface area (Å²) in [6, 6.07) is 7.11. The Morgan fingerprint density at radius 3 is 2.59 bits per heavy atom. The van der Waals surface area contributed by atoms with E-state index in [1.165, 1.54) is 22.3 Å². The van der Waals surface area contributed by atoms with Crippen LogP contribution in [0.3, 0.4) is 0 Å². The Kier molecular flexibility index (Phi) is 5.10. The Labute approximate surface area is 169 Å². The summed E-state index contributed by atoms with van der Waals surface area (Å²) in [5.41, 5.74) is 5.02. The van der Waals surface area contributed by atoms with Crippen LogP contribution in [-0.4, -0.2) is 48.1 Å². The average Bonchev–Trinajstić information content (AvgIpc) is 3.07. The lowest BCUT2D eigenvalue weighted by Crippen LogP contribution is -2.42. The first kappa shape index (κ1) is 18.7. The van der Waals surface area contributed by atoms with E-state index in [9.17, 15) is 0 Å². The molecule has 0 spiro atoms. The first-order valence-corrected chi connectivity index (χ1v) is 10.6. The van der Waals surface area contributed by atoms with Crippen molar-refractivity contribution in [1.82, 2.24) is 14.9 Å². The van der Waals surface area contributed by atoms with Crippen LogP contribution in [0.2, 0.25) is 5.28 Å². The molecule has 142 valence electrons. The number of anilines is 1. The van der Waals surface area contributed by atoms with E-state index in [0.29, 0.717) is 11.3 Å². The van der Waals surface area contributed by atoms with E-state index in [1.807, 2.05) is 0 Å². The van der Waals surface area contributed by atoms with Crippen LogP contribution in [0.1, 0.15) is 24.0 Å². The molecule has 1 aliphatic heterocycles. The van der Waals surface area contributed by atoms with Gasteiger partial charge in [0.15, 0.2) is 0 Å². The summed E-state index contributed by atoms with van der Waals surface area (Å²) in [4.78, 5) is 14.8. The van der Waals surface area contributed by atoms with Gasteiger partial charge in [-0.15, -0.1) is 11.3 Å². The molecular formula is C21H25ClN4S. The van der Waals surface area contributed by atoms with E-state index < -0.39 is 0 Å². The van der Waals surface area contributed by atoms with Crippen molar-refractivity contribution in [2.24, 2.45) is 0 Å². The van der Waals surface area contributed by atoms with E-state index in [0.717, 1.165) is 42.0 Å². The molecule has 27 heavy (non-hydrogen) atoms. The molecule has 2 aromatic heterocycles. The Bertz CT molecular complexity index is 976. The maximum absolute atomic E-state index is 6.28. The highest BCUT2D eigenvalue weighted by atomic mass is 35.5. The molecule has 0 aliphatic carbocycles. The molecule has 1 aromatic carbocycles. The molecular weight excluding hydrogens is 376 g/mol. The van der Waals surface area contributed by atoms with Gasteiger partial charge in [0.25, 0.3) is 0 Å². The van der Waals surface area contributed by atoms with Gasteiger partial charge in [0.2, 0.25) is 5.28 Å². The van der Waals surface area contributed by atoms with Crippen LogP contribution in [0, 0.1) is 13.8 Å². The Balaban J connectivity index is 1.82. The normalized spacial score (nSPS) is 16.2. The summed E-state index contributed by atoms with van der Waals surface area (Å²) in [6.07, 6.45) is 2.28. The summed E-state index contributed by atoms with van der Waals surface area (Å²) in [5.74, 6) is 0.953. The second-order valence-electron chi connectivity index (χ2n) is 7.59. The van der Waals surface area contributed by atoms with Gasteiger partial charge in [-0.2, -0.15) is 4.98 Å². The molecule has 0 amide bonds. The fourth-order valence-electron chi connectivity index (χ4n) is 3.83. The van der Waals surface area contributed by atoms with Crippen molar-refractivity contribution in [3.05, 3.63) is 40.0 Å². The number of aromatic nitrogens is 2. The van der Waals surface area contributed by atoms with Gasteiger partial charge < -0.3 is 9.80 Å². The summed E-state index contributed by atoms with van der Waals surface area (Å²) in [7, 11) is 4.34. The number of rotatable bonds is 3. The van der Waals surface area contributed by atoms with E-state index in [2.05, 4.69) is 71.3 Å². The zero-order chi connectivity index (χ0) is 19.1. The largest absolute Gasteiger partial charge is 0.356 e. The minimum absolute atomic E-state index is 0.325. The first-order valence-electron chi connectivity index (χ1n) is 9.38. The Morgan fingerprint density at radius 1 is 1.15 bits per heavy atom. The molecule has 1 aliphatic rings. The number of hydrogen-bond donors (Lipinski definition) is 0. The van der Waals surface area contributed by atoms with Crippen LogP contribution in [0.4, 0.5) is 5.82 Å². The summed E-state index contributed by atoms with van der Waals surface area (Å²) < 4.78 is 0. The Hall–Kier alpha value is -1.69. The van der Waals surface area contributed by atoms with Crippen molar-refractivity contribution in [1.29, 1.82) is 0 Å². The molecule has 0 saturated carbocycles. The number of fused-ring (bicyclic) bond motifs is 1. The molecule has 0 radical (unpaired) electrons. The molecule has 0 atom stereocenters. The number of benzene rings is 1. The van der Waals surface area contributed by atoms with Crippen molar-refractivity contribution in [3.63, 3.8) is 0 Å².